The Labute approximate surface area is 173 Å². The van der Waals surface area contributed by atoms with Crippen LogP contribution in [0.3, 0.4) is 0 Å². The Bertz CT molecular complexity index is 814. The fraction of sp³-hybridized carbons (Fsp3) is 0.278. The van der Waals surface area contributed by atoms with Gasteiger partial charge in [-0.1, -0.05) is 12.2 Å². The fourth-order valence-corrected chi connectivity index (χ4v) is 4.51. The lowest BCUT2D eigenvalue weighted by Gasteiger charge is -2.20. The van der Waals surface area contributed by atoms with E-state index in [-0.39, 0.29) is 5.69 Å². The van der Waals surface area contributed by atoms with Gasteiger partial charge in [0.05, 0.1) is 13.9 Å². The number of nitro groups is 1. The van der Waals surface area contributed by atoms with Gasteiger partial charge in [-0.2, -0.15) is 0 Å². The molecule has 0 N–H and O–H groups in total. The molecule has 2 aromatic rings. The predicted octanol–water partition coefficient (Wildman–Crippen LogP) is 5.47. The summed E-state index contributed by atoms with van der Waals surface area (Å²) in [5, 5.41) is 10.7. The van der Waals surface area contributed by atoms with Gasteiger partial charge >= 0.3 is 0 Å². The first-order valence-corrected chi connectivity index (χ1v) is 10.1. The van der Waals surface area contributed by atoms with Crippen molar-refractivity contribution in [3.63, 3.8) is 0 Å². The number of likely N-dealkylation sites (tertiary alicyclic amines) is 1. The van der Waals surface area contributed by atoms with Crippen LogP contribution >= 0.6 is 44.1 Å². The smallest absolute Gasteiger partial charge is 0.269 e. The van der Waals surface area contributed by atoms with Crippen molar-refractivity contribution in [1.82, 2.24) is 4.90 Å². The van der Waals surface area contributed by atoms with Crippen molar-refractivity contribution in [2.24, 2.45) is 0 Å². The maximum atomic E-state index is 10.7. The van der Waals surface area contributed by atoms with Gasteiger partial charge in [0.15, 0.2) is 0 Å². The topological polar surface area (TPSA) is 55.6 Å². The Morgan fingerprint density at radius 2 is 1.73 bits per heavy atom. The minimum absolute atomic E-state index is 0.0656. The van der Waals surface area contributed by atoms with Crippen molar-refractivity contribution < 1.29 is 9.66 Å². The zero-order chi connectivity index (χ0) is 18.7. The van der Waals surface area contributed by atoms with E-state index in [1.807, 2.05) is 12.1 Å². The third kappa shape index (κ3) is 4.42. The SMILES string of the molecule is O=[N+]([O-])c1ccc(COc2c(Br)cc(C(=S)N3CCCC3)cc2Br)cc1. The molecule has 1 saturated heterocycles. The van der Waals surface area contributed by atoms with E-state index in [4.69, 9.17) is 17.0 Å². The molecule has 5 nitrogen and oxygen atoms in total. The molecular weight excluding hydrogens is 484 g/mol. The van der Waals surface area contributed by atoms with E-state index in [9.17, 15) is 10.1 Å². The molecule has 0 atom stereocenters. The monoisotopic (exact) mass is 498 g/mol. The zero-order valence-electron chi connectivity index (χ0n) is 13.8. The molecule has 3 rings (SSSR count). The first-order valence-electron chi connectivity index (χ1n) is 8.10. The molecule has 0 aliphatic carbocycles. The Morgan fingerprint density at radius 1 is 1.15 bits per heavy atom. The Kier molecular flexibility index (Phi) is 6.26. The van der Waals surface area contributed by atoms with Gasteiger partial charge < -0.3 is 9.64 Å². The van der Waals surface area contributed by atoms with Gasteiger partial charge in [-0.05, 0) is 74.5 Å². The molecule has 1 aliphatic rings. The van der Waals surface area contributed by atoms with Crippen molar-refractivity contribution >= 4 is 54.8 Å². The van der Waals surface area contributed by atoms with Gasteiger partial charge in [0.2, 0.25) is 0 Å². The molecule has 2 aromatic carbocycles. The first kappa shape index (κ1) is 19.3. The van der Waals surface area contributed by atoms with Crippen molar-refractivity contribution in [1.29, 1.82) is 0 Å². The van der Waals surface area contributed by atoms with Gasteiger partial charge in [0, 0.05) is 30.8 Å². The summed E-state index contributed by atoms with van der Waals surface area (Å²) in [5.74, 6) is 0.677. The quantitative estimate of drug-likeness (QED) is 0.310. The zero-order valence-corrected chi connectivity index (χ0v) is 17.8. The van der Waals surface area contributed by atoms with Crippen LogP contribution in [0.4, 0.5) is 5.69 Å². The van der Waals surface area contributed by atoms with E-state index in [1.165, 1.54) is 25.0 Å². The molecular formula is C18H16Br2N2O3S. The fourth-order valence-electron chi connectivity index (χ4n) is 2.79. The highest BCUT2D eigenvalue weighted by Crippen LogP contribution is 2.36. The summed E-state index contributed by atoms with van der Waals surface area (Å²) in [6.45, 7) is 2.32. The number of nitro benzene ring substituents is 1. The van der Waals surface area contributed by atoms with E-state index in [2.05, 4.69) is 36.8 Å². The molecule has 8 heteroatoms. The number of ether oxygens (including phenoxy) is 1. The highest BCUT2D eigenvalue weighted by Gasteiger charge is 2.19. The molecule has 1 fully saturated rings. The summed E-state index contributed by atoms with van der Waals surface area (Å²) in [7, 11) is 0. The summed E-state index contributed by atoms with van der Waals surface area (Å²) < 4.78 is 7.51. The van der Waals surface area contributed by atoms with Gasteiger partial charge in [-0.25, -0.2) is 0 Å². The number of halogens is 2. The van der Waals surface area contributed by atoms with Crippen LogP contribution in [-0.4, -0.2) is 27.9 Å². The van der Waals surface area contributed by atoms with Crippen molar-refractivity contribution in [3.05, 3.63) is 66.6 Å². The second kappa shape index (κ2) is 8.45. The number of thiocarbonyl (C=S) groups is 1. The minimum atomic E-state index is -0.417. The van der Waals surface area contributed by atoms with Gasteiger partial charge in [-0.15, -0.1) is 0 Å². The van der Waals surface area contributed by atoms with E-state index in [0.717, 1.165) is 38.2 Å². The van der Waals surface area contributed by atoms with Gasteiger partial charge in [0.1, 0.15) is 17.3 Å². The van der Waals surface area contributed by atoms with Crippen LogP contribution in [0.25, 0.3) is 0 Å². The lowest BCUT2D eigenvalue weighted by molar-refractivity contribution is -0.384. The molecule has 0 amide bonds. The van der Waals surface area contributed by atoms with Crippen LogP contribution in [-0.2, 0) is 6.61 Å². The lowest BCUT2D eigenvalue weighted by atomic mass is 10.2. The van der Waals surface area contributed by atoms with Crippen LogP contribution < -0.4 is 4.74 Å². The standard InChI is InChI=1S/C18H16Br2N2O3S/c19-15-9-13(18(26)21-7-1-2-8-21)10-16(20)17(15)25-11-12-3-5-14(6-4-12)22(23)24/h3-6,9-10H,1-2,7-8,11H2. The molecule has 1 aliphatic heterocycles. The molecule has 0 bridgehead atoms. The summed E-state index contributed by atoms with van der Waals surface area (Å²) in [6.07, 6.45) is 2.36. The Balaban J connectivity index is 1.72. The average Bonchev–Trinajstić information content (AvgIpc) is 3.15. The second-order valence-electron chi connectivity index (χ2n) is 5.98. The van der Waals surface area contributed by atoms with Gasteiger partial charge in [-0.3, -0.25) is 10.1 Å². The van der Waals surface area contributed by atoms with Crippen LogP contribution in [0, 0.1) is 10.1 Å². The summed E-state index contributed by atoms with van der Waals surface area (Å²) in [6, 6.07) is 10.3. The van der Waals surface area contributed by atoms with Crippen LogP contribution in [0.1, 0.15) is 24.0 Å². The van der Waals surface area contributed by atoms with Crippen LogP contribution in [0.15, 0.2) is 45.3 Å². The number of rotatable bonds is 5. The van der Waals surface area contributed by atoms with Crippen LogP contribution in [0.2, 0.25) is 0 Å². The van der Waals surface area contributed by atoms with Crippen molar-refractivity contribution in [2.45, 2.75) is 19.4 Å². The number of benzene rings is 2. The normalized spacial score (nSPS) is 13.7. The maximum Gasteiger partial charge on any atom is 0.269 e. The Hall–Kier alpha value is -1.51. The molecule has 136 valence electrons. The highest BCUT2D eigenvalue weighted by molar-refractivity contribution is 9.11. The number of non-ortho nitro benzene ring substituents is 1. The maximum absolute atomic E-state index is 10.7. The van der Waals surface area contributed by atoms with E-state index in [1.54, 1.807) is 12.1 Å². The van der Waals surface area contributed by atoms with E-state index in [0.29, 0.717) is 12.4 Å². The van der Waals surface area contributed by atoms with Crippen molar-refractivity contribution in [3.8, 4) is 5.75 Å². The van der Waals surface area contributed by atoms with Crippen LogP contribution in [0.5, 0.6) is 5.75 Å². The molecule has 0 spiro atoms. The molecule has 26 heavy (non-hydrogen) atoms. The van der Waals surface area contributed by atoms with Crippen molar-refractivity contribution in [2.75, 3.05) is 13.1 Å². The number of hydrogen-bond acceptors (Lipinski definition) is 4. The molecule has 0 aromatic heterocycles. The first-order chi connectivity index (χ1) is 12.5. The Morgan fingerprint density at radius 3 is 2.27 bits per heavy atom. The largest absolute Gasteiger partial charge is 0.487 e. The third-order valence-electron chi connectivity index (χ3n) is 4.17. The lowest BCUT2D eigenvalue weighted by Crippen LogP contribution is -2.26. The molecule has 1 heterocycles. The summed E-state index contributed by atoms with van der Waals surface area (Å²) >= 11 is 12.7. The van der Waals surface area contributed by atoms with E-state index < -0.39 is 4.92 Å². The second-order valence-corrected chi connectivity index (χ2v) is 8.08. The average molecular weight is 500 g/mol. The third-order valence-corrected chi connectivity index (χ3v) is 5.84. The minimum Gasteiger partial charge on any atom is -0.487 e. The van der Waals surface area contributed by atoms with E-state index >= 15 is 0 Å². The predicted molar refractivity (Wildman–Crippen MR) is 112 cm³/mol. The summed E-state index contributed by atoms with van der Waals surface area (Å²) in [5.41, 5.74) is 1.89. The van der Waals surface area contributed by atoms with Gasteiger partial charge in [0.25, 0.3) is 5.69 Å². The molecule has 0 unspecified atom stereocenters. The number of nitrogens with zero attached hydrogens (tertiary/aromatic N) is 2. The molecule has 0 saturated carbocycles. The highest BCUT2D eigenvalue weighted by atomic mass is 79.9. The summed E-state index contributed by atoms with van der Waals surface area (Å²) in [4.78, 5) is 13.4. The number of hydrogen-bond donors (Lipinski definition) is 0. The molecule has 0 radical (unpaired) electrons.